The highest BCUT2D eigenvalue weighted by Gasteiger charge is 2.23. The third-order valence-electron chi connectivity index (χ3n) is 4.85. The van der Waals surface area contributed by atoms with Crippen molar-refractivity contribution in [3.05, 3.63) is 69.5 Å². The molecule has 4 rings (SSSR count). The van der Waals surface area contributed by atoms with E-state index in [1.165, 1.54) is 12.1 Å². The SMILES string of the molecule is Cc1csc(S(=O)(=O)Nc2cc3c(cc2OCc2ccc(C=O)c(F)c2)CCC3)n1. The van der Waals surface area contributed by atoms with Gasteiger partial charge in [-0.05, 0) is 67.1 Å². The number of aldehydes is 1. The number of thiazole rings is 1. The normalized spacial score (nSPS) is 13.1. The fraction of sp³-hybridized carbons (Fsp3) is 0.238. The minimum absolute atomic E-state index is 0.0158. The highest BCUT2D eigenvalue weighted by molar-refractivity contribution is 7.94. The Labute approximate surface area is 177 Å². The number of nitrogens with one attached hydrogen (secondary N) is 1. The average molecular weight is 447 g/mol. The Morgan fingerprint density at radius 2 is 2.00 bits per heavy atom. The van der Waals surface area contributed by atoms with Crippen LogP contribution in [-0.2, 0) is 29.5 Å². The predicted molar refractivity (Wildman–Crippen MR) is 112 cm³/mol. The molecule has 1 heterocycles. The highest BCUT2D eigenvalue weighted by atomic mass is 32.2. The summed E-state index contributed by atoms with van der Waals surface area (Å²) in [6.45, 7) is 1.76. The molecule has 6 nitrogen and oxygen atoms in total. The van der Waals surface area contributed by atoms with Crippen LogP contribution in [0.2, 0.25) is 0 Å². The second kappa shape index (κ2) is 8.16. The molecule has 0 unspecified atom stereocenters. The number of aromatic nitrogens is 1. The largest absolute Gasteiger partial charge is 0.487 e. The first-order valence-corrected chi connectivity index (χ1v) is 11.7. The summed E-state index contributed by atoms with van der Waals surface area (Å²) in [5.41, 5.74) is 3.66. The molecule has 2 aromatic carbocycles. The van der Waals surface area contributed by atoms with E-state index < -0.39 is 15.8 Å². The van der Waals surface area contributed by atoms with E-state index in [9.17, 15) is 17.6 Å². The van der Waals surface area contributed by atoms with Gasteiger partial charge in [-0.25, -0.2) is 9.37 Å². The van der Waals surface area contributed by atoms with Gasteiger partial charge < -0.3 is 4.74 Å². The summed E-state index contributed by atoms with van der Waals surface area (Å²) in [6, 6.07) is 7.86. The Kier molecular flexibility index (Phi) is 5.57. The third kappa shape index (κ3) is 4.22. The van der Waals surface area contributed by atoms with Gasteiger partial charge >= 0.3 is 0 Å². The Bertz CT molecular complexity index is 1220. The lowest BCUT2D eigenvalue weighted by Gasteiger charge is -2.15. The number of halogens is 1. The second-order valence-corrected chi connectivity index (χ2v) is 9.81. The number of rotatable bonds is 7. The van der Waals surface area contributed by atoms with Crippen LogP contribution >= 0.6 is 11.3 Å². The first-order valence-electron chi connectivity index (χ1n) is 9.33. The van der Waals surface area contributed by atoms with E-state index in [2.05, 4.69) is 9.71 Å². The number of sulfonamides is 1. The van der Waals surface area contributed by atoms with Crippen LogP contribution in [0.5, 0.6) is 5.75 Å². The van der Waals surface area contributed by atoms with Crippen LogP contribution in [0.3, 0.4) is 0 Å². The van der Waals surface area contributed by atoms with E-state index in [-0.39, 0.29) is 16.5 Å². The number of carbonyl (C=O) groups excluding carboxylic acids is 1. The lowest BCUT2D eigenvalue weighted by Crippen LogP contribution is -2.14. The fourth-order valence-electron chi connectivity index (χ4n) is 3.36. The van der Waals surface area contributed by atoms with Crippen LogP contribution < -0.4 is 9.46 Å². The van der Waals surface area contributed by atoms with Crippen LogP contribution in [0, 0.1) is 12.7 Å². The maximum absolute atomic E-state index is 13.9. The van der Waals surface area contributed by atoms with Crippen molar-refractivity contribution in [3.8, 4) is 5.75 Å². The summed E-state index contributed by atoms with van der Waals surface area (Å²) < 4.78 is 47.8. The van der Waals surface area contributed by atoms with E-state index in [1.807, 2.05) is 6.07 Å². The Morgan fingerprint density at radius 1 is 1.23 bits per heavy atom. The number of hydrogen-bond donors (Lipinski definition) is 1. The van der Waals surface area contributed by atoms with E-state index in [1.54, 1.807) is 24.4 Å². The molecule has 1 aliphatic carbocycles. The molecular formula is C21H19FN2O4S2. The van der Waals surface area contributed by atoms with Gasteiger partial charge in [-0.3, -0.25) is 9.52 Å². The number of benzene rings is 2. The second-order valence-electron chi connectivity index (χ2n) is 7.09. The minimum Gasteiger partial charge on any atom is -0.487 e. The number of nitrogens with zero attached hydrogens (tertiary/aromatic N) is 1. The molecule has 0 amide bonds. The topological polar surface area (TPSA) is 85.4 Å². The lowest BCUT2D eigenvalue weighted by molar-refractivity contribution is 0.111. The van der Waals surface area contributed by atoms with Crippen LogP contribution in [0.25, 0.3) is 0 Å². The molecule has 0 saturated heterocycles. The van der Waals surface area contributed by atoms with E-state index in [0.29, 0.717) is 29.0 Å². The quantitative estimate of drug-likeness (QED) is 0.548. The molecule has 0 radical (unpaired) electrons. The maximum Gasteiger partial charge on any atom is 0.289 e. The van der Waals surface area contributed by atoms with Crippen LogP contribution in [0.4, 0.5) is 10.1 Å². The van der Waals surface area contributed by atoms with Crippen molar-refractivity contribution in [3.63, 3.8) is 0 Å². The van der Waals surface area contributed by atoms with Gasteiger partial charge in [-0.1, -0.05) is 6.07 Å². The zero-order valence-electron chi connectivity index (χ0n) is 16.1. The van der Waals surface area contributed by atoms with E-state index >= 15 is 0 Å². The van der Waals surface area contributed by atoms with E-state index in [4.69, 9.17) is 4.74 Å². The summed E-state index contributed by atoms with van der Waals surface area (Å²) in [5.74, 6) is -0.257. The zero-order chi connectivity index (χ0) is 21.3. The van der Waals surface area contributed by atoms with Crippen LogP contribution in [0.1, 0.15) is 39.2 Å². The standard InChI is InChI=1S/C21H19FN2O4S2/c1-13-12-29-21(23-13)30(26,27)24-19-8-15-3-2-4-16(15)9-20(19)28-11-14-5-6-17(10-25)18(22)7-14/h5-10,12,24H,2-4,11H2,1H3. The summed E-state index contributed by atoms with van der Waals surface area (Å²) in [4.78, 5) is 14.8. The number of aryl methyl sites for hydroxylation is 3. The van der Waals surface area contributed by atoms with Crippen LogP contribution in [-0.4, -0.2) is 19.7 Å². The number of ether oxygens (including phenoxy) is 1. The van der Waals surface area contributed by atoms with Gasteiger partial charge in [0.25, 0.3) is 10.0 Å². The zero-order valence-corrected chi connectivity index (χ0v) is 17.8. The average Bonchev–Trinajstić information content (AvgIpc) is 3.34. The van der Waals surface area contributed by atoms with Gasteiger partial charge in [-0.2, -0.15) is 8.42 Å². The number of fused-ring (bicyclic) bond motifs is 1. The van der Waals surface area contributed by atoms with Crippen molar-refractivity contribution in [2.75, 3.05) is 4.72 Å². The molecule has 0 aliphatic heterocycles. The van der Waals surface area contributed by atoms with Gasteiger partial charge in [0.1, 0.15) is 18.2 Å². The monoisotopic (exact) mass is 446 g/mol. The van der Waals surface area contributed by atoms with Crippen molar-refractivity contribution >= 4 is 33.3 Å². The van der Waals surface area contributed by atoms with Crippen molar-refractivity contribution < 1.29 is 22.3 Å². The number of hydrogen-bond acceptors (Lipinski definition) is 6. The highest BCUT2D eigenvalue weighted by Crippen LogP contribution is 2.35. The third-order valence-corrected chi connectivity index (χ3v) is 7.59. The molecule has 0 atom stereocenters. The molecule has 1 aromatic heterocycles. The van der Waals surface area contributed by atoms with Gasteiger partial charge in [-0.15, -0.1) is 11.3 Å². The smallest absolute Gasteiger partial charge is 0.289 e. The summed E-state index contributed by atoms with van der Waals surface area (Å²) >= 11 is 1.05. The van der Waals surface area contributed by atoms with Gasteiger partial charge in [0.2, 0.25) is 4.34 Å². The molecule has 3 aromatic rings. The molecule has 1 N–H and O–H groups in total. The van der Waals surface area contributed by atoms with Crippen molar-refractivity contribution in [2.24, 2.45) is 0 Å². The van der Waals surface area contributed by atoms with Crippen molar-refractivity contribution in [1.82, 2.24) is 4.98 Å². The van der Waals surface area contributed by atoms with Crippen molar-refractivity contribution in [1.29, 1.82) is 0 Å². The van der Waals surface area contributed by atoms with E-state index in [0.717, 1.165) is 41.7 Å². The van der Waals surface area contributed by atoms with Gasteiger partial charge in [0.05, 0.1) is 11.3 Å². The molecule has 0 fully saturated rings. The molecule has 0 saturated carbocycles. The fourth-order valence-corrected chi connectivity index (χ4v) is 5.46. The number of anilines is 1. The Balaban J connectivity index is 1.62. The Hall–Kier alpha value is -2.78. The molecule has 0 bridgehead atoms. The molecule has 1 aliphatic rings. The molecule has 0 spiro atoms. The first kappa shape index (κ1) is 20.5. The summed E-state index contributed by atoms with van der Waals surface area (Å²) in [6.07, 6.45) is 3.22. The minimum atomic E-state index is -3.85. The lowest BCUT2D eigenvalue weighted by atomic mass is 10.1. The molecular weight excluding hydrogens is 427 g/mol. The number of carbonyl (C=O) groups is 1. The predicted octanol–water partition coefficient (Wildman–Crippen LogP) is 4.27. The van der Waals surface area contributed by atoms with Crippen molar-refractivity contribution in [2.45, 2.75) is 37.1 Å². The summed E-state index contributed by atoms with van der Waals surface area (Å²) in [5, 5.41) is 1.67. The van der Waals surface area contributed by atoms with Gasteiger partial charge in [0.15, 0.2) is 6.29 Å². The summed E-state index contributed by atoms with van der Waals surface area (Å²) in [7, 11) is -3.85. The van der Waals surface area contributed by atoms with Gasteiger partial charge in [0, 0.05) is 11.1 Å². The molecule has 156 valence electrons. The molecule has 9 heteroatoms. The maximum atomic E-state index is 13.9. The molecule has 30 heavy (non-hydrogen) atoms. The Morgan fingerprint density at radius 3 is 2.67 bits per heavy atom. The first-order chi connectivity index (χ1) is 14.4. The van der Waals surface area contributed by atoms with Crippen LogP contribution in [0.15, 0.2) is 40.1 Å².